The Morgan fingerprint density at radius 2 is 1.68 bits per heavy atom. The minimum atomic E-state index is -0.0428. The SMILES string of the molecule is Cc1nnnn1-c1cccc(NC(=O)CCN2c3ccccc3Sc3ccccc32)c1. The molecule has 2 heterocycles. The van der Waals surface area contributed by atoms with Crippen LogP contribution in [0.15, 0.2) is 82.6 Å². The molecule has 0 radical (unpaired) electrons. The lowest BCUT2D eigenvalue weighted by atomic mass is 10.2. The highest BCUT2D eigenvalue weighted by atomic mass is 32.2. The third-order valence-corrected chi connectivity index (χ3v) is 6.22. The van der Waals surface area contributed by atoms with Crippen molar-refractivity contribution in [2.45, 2.75) is 23.1 Å². The zero-order chi connectivity index (χ0) is 21.2. The van der Waals surface area contributed by atoms with Gasteiger partial charge in [0.25, 0.3) is 0 Å². The average Bonchev–Trinajstić information content (AvgIpc) is 3.22. The molecule has 0 saturated heterocycles. The number of rotatable bonds is 5. The fourth-order valence-electron chi connectivity index (χ4n) is 3.64. The van der Waals surface area contributed by atoms with Crippen LogP contribution in [-0.2, 0) is 4.79 Å². The molecule has 0 atom stereocenters. The number of aryl methyl sites for hydroxylation is 1. The van der Waals surface area contributed by atoms with Gasteiger partial charge in [-0.05, 0) is 59.8 Å². The van der Waals surface area contributed by atoms with E-state index in [1.54, 1.807) is 16.4 Å². The first-order valence-electron chi connectivity index (χ1n) is 9.98. The second-order valence-electron chi connectivity index (χ2n) is 7.18. The van der Waals surface area contributed by atoms with E-state index < -0.39 is 0 Å². The smallest absolute Gasteiger partial charge is 0.226 e. The first-order valence-corrected chi connectivity index (χ1v) is 10.8. The van der Waals surface area contributed by atoms with E-state index >= 15 is 0 Å². The van der Waals surface area contributed by atoms with E-state index in [0.29, 0.717) is 24.5 Å². The zero-order valence-corrected chi connectivity index (χ0v) is 17.7. The number of nitrogens with one attached hydrogen (secondary N) is 1. The third kappa shape index (κ3) is 3.89. The van der Waals surface area contributed by atoms with Crippen LogP contribution in [-0.4, -0.2) is 32.7 Å². The number of aromatic nitrogens is 4. The Hall–Kier alpha value is -3.65. The molecule has 1 aliphatic heterocycles. The Morgan fingerprint density at radius 1 is 0.968 bits per heavy atom. The summed E-state index contributed by atoms with van der Waals surface area (Å²) in [5, 5.41) is 14.6. The highest BCUT2D eigenvalue weighted by Gasteiger charge is 2.23. The summed E-state index contributed by atoms with van der Waals surface area (Å²) in [5.41, 5.74) is 3.79. The number of fused-ring (bicyclic) bond motifs is 2. The van der Waals surface area contributed by atoms with E-state index in [-0.39, 0.29) is 5.91 Å². The topological polar surface area (TPSA) is 75.9 Å². The van der Waals surface area contributed by atoms with Gasteiger partial charge < -0.3 is 10.2 Å². The van der Waals surface area contributed by atoms with Crippen LogP contribution in [0, 0.1) is 6.92 Å². The molecule has 31 heavy (non-hydrogen) atoms. The lowest BCUT2D eigenvalue weighted by molar-refractivity contribution is -0.116. The van der Waals surface area contributed by atoms with Gasteiger partial charge in [-0.25, -0.2) is 0 Å². The van der Waals surface area contributed by atoms with Gasteiger partial charge in [0.1, 0.15) is 0 Å². The van der Waals surface area contributed by atoms with Crippen molar-refractivity contribution in [2.75, 3.05) is 16.8 Å². The van der Waals surface area contributed by atoms with Crippen molar-refractivity contribution in [3.63, 3.8) is 0 Å². The van der Waals surface area contributed by atoms with Crippen molar-refractivity contribution in [2.24, 2.45) is 0 Å². The van der Waals surface area contributed by atoms with Crippen LogP contribution in [0.25, 0.3) is 5.69 Å². The van der Waals surface area contributed by atoms with Crippen molar-refractivity contribution in [3.05, 3.63) is 78.6 Å². The molecular formula is C23H20N6OS. The van der Waals surface area contributed by atoms with Crippen LogP contribution >= 0.6 is 11.8 Å². The number of anilines is 3. The summed E-state index contributed by atoms with van der Waals surface area (Å²) in [6.45, 7) is 2.42. The largest absolute Gasteiger partial charge is 0.339 e. The predicted molar refractivity (Wildman–Crippen MR) is 121 cm³/mol. The minimum absolute atomic E-state index is 0.0428. The highest BCUT2D eigenvalue weighted by molar-refractivity contribution is 7.99. The summed E-state index contributed by atoms with van der Waals surface area (Å²) in [6.07, 6.45) is 0.363. The minimum Gasteiger partial charge on any atom is -0.339 e. The van der Waals surface area contributed by atoms with Crippen LogP contribution in [0.2, 0.25) is 0 Å². The normalized spacial score (nSPS) is 12.2. The van der Waals surface area contributed by atoms with Gasteiger partial charge in [0.05, 0.1) is 17.1 Å². The summed E-state index contributed by atoms with van der Waals surface area (Å²) in [6, 6.07) is 24.1. The molecule has 0 bridgehead atoms. The van der Waals surface area contributed by atoms with Crippen LogP contribution in [0.1, 0.15) is 12.2 Å². The van der Waals surface area contributed by atoms with Crippen LogP contribution < -0.4 is 10.2 Å². The number of carbonyl (C=O) groups is 1. The predicted octanol–water partition coefficient (Wildman–Crippen LogP) is 4.60. The van der Waals surface area contributed by atoms with Crippen LogP contribution in [0.3, 0.4) is 0 Å². The number of tetrazole rings is 1. The molecule has 0 saturated carbocycles. The Kier molecular flexibility index (Phi) is 5.13. The Labute approximate surface area is 184 Å². The Balaban J connectivity index is 1.31. The molecule has 4 aromatic rings. The third-order valence-electron chi connectivity index (χ3n) is 5.09. The second kappa shape index (κ2) is 8.23. The quantitative estimate of drug-likeness (QED) is 0.501. The van der Waals surface area contributed by atoms with Gasteiger partial charge in [0, 0.05) is 28.4 Å². The monoisotopic (exact) mass is 428 g/mol. The fraction of sp³-hybridized carbons (Fsp3) is 0.130. The summed E-state index contributed by atoms with van der Waals surface area (Å²) >= 11 is 1.76. The first-order chi connectivity index (χ1) is 15.2. The van der Waals surface area contributed by atoms with Crippen LogP contribution in [0.4, 0.5) is 17.1 Å². The first kappa shape index (κ1) is 19.3. The number of carbonyl (C=O) groups excluding carboxylic acids is 1. The van der Waals surface area contributed by atoms with Gasteiger partial charge in [-0.15, -0.1) is 5.10 Å². The molecule has 0 spiro atoms. The maximum Gasteiger partial charge on any atom is 0.226 e. The second-order valence-corrected chi connectivity index (χ2v) is 8.26. The van der Waals surface area contributed by atoms with E-state index in [1.807, 2.05) is 55.5 Å². The molecule has 154 valence electrons. The van der Waals surface area contributed by atoms with Gasteiger partial charge in [-0.3, -0.25) is 4.79 Å². The standard InChI is InChI=1S/C23H20N6OS/c1-16-25-26-27-29(16)18-8-6-7-17(15-18)24-23(30)13-14-28-19-9-2-4-11-21(19)31-22-12-5-3-10-20(22)28/h2-12,15H,13-14H2,1H3,(H,24,30). The maximum atomic E-state index is 12.8. The van der Waals surface area contributed by atoms with E-state index in [9.17, 15) is 4.79 Å². The lowest BCUT2D eigenvalue weighted by Gasteiger charge is -2.32. The number of nitrogens with zero attached hydrogens (tertiary/aromatic N) is 5. The van der Waals surface area contributed by atoms with E-state index in [4.69, 9.17) is 0 Å². The highest BCUT2D eigenvalue weighted by Crippen LogP contribution is 2.47. The van der Waals surface area contributed by atoms with E-state index in [2.05, 4.69) is 50.0 Å². The Bertz CT molecular complexity index is 1210. The lowest BCUT2D eigenvalue weighted by Crippen LogP contribution is -2.25. The summed E-state index contributed by atoms with van der Waals surface area (Å²) in [7, 11) is 0. The van der Waals surface area contributed by atoms with E-state index in [1.165, 1.54) is 9.79 Å². The fourth-order valence-corrected chi connectivity index (χ4v) is 4.74. The summed E-state index contributed by atoms with van der Waals surface area (Å²) < 4.78 is 1.63. The van der Waals surface area contributed by atoms with Gasteiger partial charge in [0.2, 0.25) is 5.91 Å². The van der Waals surface area contributed by atoms with Gasteiger partial charge >= 0.3 is 0 Å². The number of hydrogen-bond acceptors (Lipinski definition) is 6. The van der Waals surface area contributed by atoms with Crippen LogP contribution in [0.5, 0.6) is 0 Å². The molecule has 0 fully saturated rings. The molecule has 0 unspecified atom stereocenters. The molecule has 0 aliphatic carbocycles. The van der Waals surface area contributed by atoms with Crippen molar-refractivity contribution < 1.29 is 4.79 Å². The van der Waals surface area contributed by atoms with Gasteiger partial charge in [-0.2, -0.15) is 4.68 Å². The molecule has 1 amide bonds. The van der Waals surface area contributed by atoms with Crippen molar-refractivity contribution in [1.29, 1.82) is 0 Å². The van der Waals surface area contributed by atoms with Gasteiger partial charge in [0.15, 0.2) is 5.82 Å². The van der Waals surface area contributed by atoms with Crippen molar-refractivity contribution >= 4 is 34.7 Å². The van der Waals surface area contributed by atoms with E-state index in [0.717, 1.165) is 17.1 Å². The van der Waals surface area contributed by atoms with Crippen molar-refractivity contribution in [1.82, 2.24) is 20.2 Å². The molecule has 7 nitrogen and oxygen atoms in total. The molecule has 3 aromatic carbocycles. The molecule has 1 N–H and O–H groups in total. The molecular weight excluding hydrogens is 408 g/mol. The zero-order valence-electron chi connectivity index (χ0n) is 16.9. The molecule has 5 rings (SSSR count). The maximum absolute atomic E-state index is 12.8. The molecule has 1 aliphatic rings. The number of amides is 1. The Morgan fingerprint density at radius 3 is 2.35 bits per heavy atom. The molecule has 1 aromatic heterocycles. The summed E-state index contributed by atoms with van der Waals surface area (Å²) in [5.74, 6) is 0.641. The number of hydrogen-bond donors (Lipinski definition) is 1. The van der Waals surface area contributed by atoms with Crippen molar-refractivity contribution in [3.8, 4) is 5.69 Å². The summed E-state index contributed by atoms with van der Waals surface area (Å²) in [4.78, 5) is 17.4. The number of para-hydroxylation sites is 2. The average molecular weight is 429 g/mol. The van der Waals surface area contributed by atoms with Gasteiger partial charge in [-0.1, -0.05) is 42.1 Å². The molecule has 8 heteroatoms. The number of benzene rings is 3.